The van der Waals surface area contributed by atoms with Gasteiger partial charge in [-0.15, -0.1) is 0 Å². The highest BCUT2D eigenvalue weighted by molar-refractivity contribution is 6.21. The highest BCUT2D eigenvalue weighted by Gasteiger charge is 2.40. The molecule has 2 fully saturated rings. The average molecular weight is 437 g/mol. The van der Waals surface area contributed by atoms with Crippen LogP contribution in [0.5, 0.6) is 11.5 Å². The second-order valence-corrected chi connectivity index (χ2v) is 7.90. The maximum atomic E-state index is 13.1. The second kappa shape index (κ2) is 9.30. The number of para-hydroxylation sites is 1. The number of nitrogens with one attached hydrogen (secondary N) is 1. The topological polar surface area (TPSA) is 88.2 Å². The number of hydrogen-bond donors (Lipinski definition) is 1. The fourth-order valence-electron chi connectivity index (χ4n) is 4.44. The lowest BCUT2D eigenvalue weighted by molar-refractivity contribution is -0.132. The number of anilines is 1. The highest BCUT2D eigenvalue weighted by Crippen LogP contribution is 2.39. The molecule has 2 saturated heterocycles. The molecule has 0 bridgehead atoms. The summed E-state index contributed by atoms with van der Waals surface area (Å²) in [7, 11) is 3.20. The van der Waals surface area contributed by atoms with Crippen LogP contribution in [-0.4, -0.2) is 49.6 Å². The molecule has 0 aliphatic carbocycles. The Morgan fingerprint density at radius 1 is 1.09 bits per heavy atom. The number of carbonyl (C=O) groups is 3. The number of urea groups is 1. The number of benzene rings is 2. The van der Waals surface area contributed by atoms with Gasteiger partial charge in [0.1, 0.15) is 17.5 Å². The van der Waals surface area contributed by atoms with Gasteiger partial charge < -0.3 is 19.7 Å². The van der Waals surface area contributed by atoms with E-state index in [1.807, 2.05) is 29.2 Å². The molecular formula is C24H27N3O5. The summed E-state index contributed by atoms with van der Waals surface area (Å²) < 4.78 is 10.8. The number of imide groups is 1. The third-order valence-corrected chi connectivity index (χ3v) is 6.05. The molecule has 8 heteroatoms. The summed E-state index contributed by atoms with van der Waals surface area (Å²) in [5.74, 6) is 1.01. The molecule has 0 spiro atoms. The first-order valence-electron chi connectivity index (χ1n) is 10.7. The van der Waals surface area contributed by atoms with Crippen molar-refractivity contribution in [2.24, 2.45) is 0 Å². The van der Waals surface area contributed by atoms with Gasteiger partial charge in [-0.25, -0.2) is 9.69 Å². The Hall–Kier alpha value is -3.55. The largest absolute Gasteiger partial charge is 0.497 e. The van der Waals surface area contributed by atoms with Crippen molar-refractivity contribution in [3.05, 3.63) is 54.1 Å². The molecule has 2 aliphatic rings. The first-order chi connectivity index (χ1) is 15.5. The molecule has 0 unspecified atom stereocenters. The number of rotatable bonds is 7. The molecule has 0 aromatic heterocycles. The molecule has 2 atom stereocenters. The van der Waals surface area contributed by atoms with Crippen molar-refractivity contribution in [3.8, 4) is 11.5 Å². The first kappa shape index (κ1) is 21.7. The second-order valence-electron chi connectivity index (χ2n) is 7.90. The van der Waals surface area contributed by atoms with Crippen molar-refractivity contribution >= 4 is 23.5 Å². The van der Waals surface area contributed by atoms with Gasteiger partial charge in [0.05, 0.1) is 25.9 Å². The molecule has 4 rings (SSSR count). The average Bonchev–Trinajstić information content (AvgIpc) is 3.41. The smallest absolute Gasteiger partial charge is 0.329 e. The van der Waals surface area contributed by atoms with Crippen LogP contribution in [0.25, 0.3) is 0 Å². The molecule has 2 aromatic rings. The van der Waals surface area contributed by atoms with E-state index < -0.39 is 12.1 Å². The number of nitrogens with zero attached hydrogens (tertiary/aromatic N) is 2. The summed E-state index contributed by atoms with van der Waals surface area (Å²) >= 11 is 0. The minimum atomic E-state index is -0.705. The molecule has 4 amide bonds. The van der Waals surface area contributed by atoms with E-state index in [0.717, 1.165) is 23.3 Å². The standard InChI is InChI=1S/C24H27N3O5/c1-31-17-10-11-18(21(15-17)32-2)20-9-6-14-26(20)22(28)13-12-19-23(29)27(24(30)25-19)16-7-4-3-5-8-16/h3-5,7-8,10-11,15,19-20H,6,9,12-14H2,1-2H3,(H,25,30)/t19-,20+/m0/s1. The lowest BCUT2D eigenvalue weighted by Crippen LogP contribution is -2.34. The van der Waals surface area contributed by atoms with Crippen LogP contribution < -0.4 is 19.7 Å². The van der Waals surface area contributed by atoms with E-state index in [-0.39, 0.29) is 30.7 Å². The van der Waals surface area contributed by atoms with Gasteiger partial charge in [0.15, 0.2) is 0 Å². The Balaban J connectivity index is 1.42. The number of methoxy groups -OCH3 is 2. The van der Waals surface area contributed by atoms with Crippen molar-refractivity contribution < 1.29 is 23.9 Å². The third-order valence-electron chi connectivity index (χ3n) is 6.05. The van der Waals surface area contributed by atoms with Gasteiger partial charge >= 0.3 is 6.03 Å². The Labute approximate surface area is 187 Å². The van der Waals surface area contributed by atoms with E-state index in [1.54, 1.807) is 38.5 Å². The summed E-state index contributed by atoms with van der Waals surface area (Å²) in [5, 5.41) is 2.70. The molecular weight excluding hydrogens is 410 g/mol. The normalized spacial score (nSPS) is 20.4. The first-order valence-corrected chi connectivity index (χ1v) is 10.7. The SMILES string of the molecule is COc1ccc([C@H]2CCCN2C(=O)CC[C@@H]2NC(=O)N(c3ccccc3)C2=O)c(OC)c1. The quantitative estimate of drug-likeness (QED) is 0.672. The van der Waals surface area contributed by atoms with Crippen molar-refractivity contribution in [2.75, 3.05) is 25.7 Å². The van der Waals surface area contributed by atoms with Crippen LogP contribution in [0.3, 0.4) is 0 Å². The molecule has 8 nitrogen and oxygen atoms in total. The van der Waals surface area contributed by atoms with Gasteiger partial charge in [-0.1, -0.05) is 18.2 Å². The van der Waals surface area contributed by atoms with E-state index in [0.29, 0.717) is 23.7 Å². The zero-order valence-corrected chi connectivity index (χ0v) is 18.2. The monoisotopic (exact) mass is 437 g/mol. The van der Waals surface area contributed by atoms with E-state index >= 15 is 0 Å². The van der Waals surface area contributed by atoms with Gasteiger partial charge in [-0.2, -0.15) is 0 Å². The number of amides is 4. The van der Waals surface area contributed by atoms with Gasteiger partial charge in [0, 0.05) is 24.6 Å². The van der Waals surface area contributed by atoms with E-state index in [2.05, 4.69) is 5.32 Å². The maximum absolute atomic E-state index is 13.1. The zero-order valence-electron chi connectivity index (χ0n) is 18.2. The fourth-order valence-corrected chi connectivity index (χ4v) is 4.44. The minimum Gasteiger partial charge on any atom is -0.497 e. The van der Waals surface area contributed by atoms with Crippen LogP contribution in [0.15, 0.2) is 48.5 Å². The lowest BCUT2D eigenvalue weighted by Gasteiger charge is -2.27. The third kappa shape index (κ3) is 4.12. The predicted molar refractivity (Wildman–Crippen MR) is 119 cm³/mol. The number of hydrogen-bond acceptors (Lipinski definition) is 5. The summed E-state index contributed by atoms with van der Waals surface area (Å²) in [6.45, 7) is 0.653. The molecule has 2 aromatic carbocycles. The molecule has 32 heavy (non-hydrogen) atoms. The molecule has 2 aliphatic heterocycles. The number of ether oxygens (including phenoxy) is 2. The molecule has 0 radical (unpaired) electrons. The van der Waals surface area contributed by atoms with Crippen molar-refractivity contribution in [2.45, 2.75) is 37.8 Å². The van der Waals surface area contributed by atoms with Crippen LogP contribution in [0, 0.1) is 0 Å². The minimum absolute atomic E-state index is 0.0365. The lowest BCUT2D eigenvalue weighted by atomic mass is 10.0. The van der Waals surface area contributed by atoms with E-state index in [9.17, 15) is 14.4 Å². The predicted octanol–water partition coefficient (Wildman–Crippen LogP) is 3.27. The number of likely N-dealkylation sites (tertiary alicyclic amines) is 1. The van der Waals surface area contributed by atoms with Crippen LogP contribution in [-0.2, 0) is 9.59 Å². The van der Waals surface area contributed by atoms with Gasteiger partial charge in [-0.05, 0) is 43.5 Å². The molecule has 1 N–H and O–H groups in total. The Kier molecular flexibility index (Phi) is 6.30. The van der Waals surface area contributed by atoms with Crippen LogP contribution in [0.1, 0.15) is 37.3 Å². The zero-order chi connectivity index (χ0) is 22.7. The van der Waals surface area contributed by atoms with Crippen LogP contribution in [0.4, 0.5) is 10.5 Å². The van der Waals surface area contributed by atoms with E-state index in [4.69, 9.17) is 9.47 Å². The Morgan fingerprint density at radius 2 is 1.88 bits per heavy atom. The van der Waals surface area contributed by atoms with Crippen molar-refractivity contribution in [1.82, 2.24) is 10.2 Å². The van der Waals surface area contributed by atoms with Gasteiger partial charge in [0.2, 0.25) is 5.91 Å². The Bertz CT molecular complexity index is 1010. The van der Waals surface area contributed by atoms with Gasteiger partial charge in [0.25, 0.3) is 5.91 Å². The number of carbonyl (C=O) groups excluding carboxylic acids is 3. The highest BCUT2D eigenvalue weighted by atomic mass is 16.5. The molecule has 2 heterocycles. The van der Waals surface area contributed by atoms with Crippen molar-refractivity contribution in [1.29, 1.82) is 0 Å². The maximum Gasteiger partial charge on any atom is 0.329 e. The van der Waals surface area contributed by atoms with E-state index in [1.165, 1.54) is 0 Å². The van der Waals surface area contributed by atoms with Gasteiger partial charge in [-0.3, -0.25) is 9.59 Å². The summed E-state index contributed by atoms with van der Waals surface area (Å²) in [6.07, 6.45) is 2.17. The molecule has 168 valence electrons. The Morgan fingerprint density at radius 3 is 2.59 bits per heavy atom. The summed E-state index contributed by atoms with van der Waals surface area (Å²) in [6, 6.07) is 13.2. The summed E-state index contributed by atoms with van der Waals surface area (Å²) in [4.78, 5) is 41.2. The van der Waals surface area contributed by atoms with Crippen LogP contribution >= 0.6 is 0 Å². The molecule has 0 saturated carbocycles. The summed E-state index contributed by atoms with van der Waals surface area (Å²) in [5.41, 5.74) is 1.47. The fraction of sp³-hybridized carbons (Fsp3) is 0.375. The van der Waals surface area contributed by atoms with Crippen LogP contribution in [0.2, 0.25) is 0 Å². The van der Waals surface area contributed by atoms with Crippen molar-refractivity contribution in [3.63, 3.8) is 0 Å².